The van der Waals surface area contributed by atoms with Gasteiger partial charge in [0.1, 0.15) is 6.10 Å². The van der Waals surface area contributed by atoms with Crippen LogP contribution in [0.25, 0.3) is 0 Å². The number of hydrogen-bond acceptors (Lipinski definition) is 2. The Kier molecular flexibility index (Phi) is 1.65. The van der Waals surface area contributed by atoms with E-state index in [1.807, 2.05) is 6.92 Å². The molecule has 0 saturated carbocycles. The molecule has 1 aliphatic rings. The third-order valence-corrected chi connectivity index (χ3v) is 1.20. The molecule has 1 aliphatic heterocycles. The van der Waals surface area contributed by atoms with Crippen molar-refractivity contribution < 1.29 is 9.78 Å². The van der Waals surface area contributed by atoms with Crippen LogP contribution < -0.4 is 0 Å². The molecule has 0 aliphatic carbocycles. The van der Waals surface area contributed by atoms with Crippen LogP contribution in [0.15, 0.2) is 12.2 Å². The van der Waals surface area contributed by atoms with Crippen molar-refractivity contribution in [1.29, 1.82) is 0 Å². The molecule has 0 aromatic carbocycles. The Morgan fingerprint density at radius 2 is 2.50 bits per heavy atom. The third kappa shape index (κ3) is 1.08. The summed E-state index contributed by atoms with van der Waals surface area (Å²) < 4.78 is 0. The second kappa shape index (κ2) is 2.29. The van der Waals surface area contributed by atoms with E-state index >= 15 is 0 Å². The Bertz CT molecular complexity index is 92.7. The molecule has 46 valence electrons. The van der Waals surface area contributed by atoms with Gasteiger partial charge in [0.05, 0.1) is 6.61 Å². The smallest absolute Gasteiger partial charge is 0.116 e. The van der Waals surface area contributed by atoms with E-state index in [0.29, 0.717) is 6.61 Å². The summed E-state index contributed by atoms with van der Waals surface area (Å²) in [5.74, 6) is 0. The Labute approximate surface area is 49.0 Å². The lowest BCUT2D eigenvalue weighted by molar-refractivity contribution is -0.266. The Morgan fingerprint density at radius 1 is 1.75 bits per heavy atom. The van der Waals surface area contributed by atoms with Gasteiger partial charge in [-0.05, 0) is 12.5 Å². The fourth-order valence-electron chi connectivity index (χ4n) is 0.662. The van der Waals surface area contributed by atoms with Crippen LogP contribution in [-0.2, 0) is 9.78 Å². The van der Waals surface area contributed by atoms with Crippen molar-refractivity contribution in [3.8, 4) is 0 Å². The van der Waals surface area contributed by atoms with Gasteiger partial charge in [0.25, 0.3) is 0 Å². The van der Waals surface area contributed by atoms with E-state index in [1.54, 1.807) is 0 Å². The first-order valence-electron chi connectivity index (χ1n) is 2.74. The maximum Gasteiger partial charge on any atom is 0.116 e. The summed E-state index contributed by atoms with van der Waals surface area (Å²) in [5, 5.41) is 0. The number of rotatable bonds is 1. The minimum atomic E-state index is 0.148. The summed E-state index contributed by atoms with van der Waals surface area (Å²) in [7, 11) is 0. The van der Waals surface area contributed by atoms with Gasteiger partial charge in [0.15, 0.2) is 0 Å². The maximum absolute atomic E-state index is 4.81. The average Bonchev–Trinajstić information content (AvgIpc) is 2.12. The van der Waals surface area contributed by atoms with Gasteiger partial charge >= 0.3 is 0 Å². The van der Waals surface area contributed by atoms with Crippen LogP contribution in [0.5, 0.6) is 0 Å². The molecule has 2 heteroatoms. The summed E-state index contributed by atoms with van der Waals surface area (Å²) in [6.45, 7) is 6.38. The van der Waals surface area contributed by atoms with Crippen molar-refractivity contribution in [1.82, 2.24) is 0 Å². The predicted octanol–water partition coefficient (Wildman–Crippen LogP) is 1.28. The molecule has 0 amide bonds. The molecule has 1 fully saturated rings. The van der Waals surface area contributed by atoms with Crippen LogP contribution in [0.4, 0.5) is 0 Å². The van der Waals surface area contributed by atoms with E-state index in [2.05, 4.69) is 11.5 Å². The van der Waals surface area contributed by atoms with Gasteiger partial charge in [-0.2, -0.15) is 0 Å². The van der Waals surface area contributed by atoms with E-state index < -0.39 is 0 Å². The zero-order valence-electron chi connectivity index (χ0n) is 5.02. The molecule has 1 saturated heterocycles. The van der Waals surface area contributed by atoms with Gasteiger partial charge in [0.2, 0.25) is 0 Å². The van der Waals surface area contributed by atoms with Crippen molar-refractivity contribution in [3.05, 3.63) is 12.2 Å². The van der Waals surface area contributed by atoms with E-state index in [-0.39, 0.29) is 6.10 Å². The summed E-state index contributed by atoms with van der Waals surface area (Å²) >= 11 is 0. The van der Waals surface area contributed by atoms with Crippen LogP contribution in [0.1, 0.15) is 13.3 Å². The molecule has 0 radical (unpaired) electrons. The molecule has 1 unspecified atom stereocenters. The Morgan fingerprint density at radius 3 is 2.75 bits per heavy atom. The van der Waals surface area contributed by atoms with Crippen molar-refractivity contribution >= 4 is 0 Å². The molecule has 1 heterocycles. The summed E-state index contributed by atoms with van der Waals surface area (Å²) in [6.07, 6.45) is 1.10. The minimum absolute atomic E-state index is 0.148. The molecule has 0 N–H and O–H groups in total. The highest BCUT2D eigenvalue weighted by Crippen LogP contribution is 2.14. The third-order valence-electron chi connectivity index (χ3n) is 1.20. The van der Waals surface area contributed by atoms with Gasteiger partial charge in [-0.3, -0.25) is 0 Å². The maximum atomic E-state index is 4.81. The van der Waals surface area contributed by atoms with Gasteiger partial charge in [-0.1, -0.05) is 6.58 Å². The minimum Gasteiger partial charge on any atom is -0.236 e. The Balaban J connectivity index is 2.35. The second-order valence-electron chi connectivity index (χ2n) is 2.04. The van der Waals surface area contributed by atoms with Crippen LogP contribution in [0, 0.1) is 0 Å². The van der Waals surface area contributed by atoms with Crippen molar-refractivity contribution in [2.75, 3.05) is 6.61 Å². The molecule has 8 heavy (non-hydrogen) atoms. The van der Waals surface area contributed by atoms with E-state index in [4.69, 9.17) is 4.89 Å². The molecule has 2 nitrogen and oxygen atoms in total. The van der Waals surface area contributed by atoms with Crippen LogP contribution in [-0.4, -0.2) is 12.7 Å². The summed E-state index contributed by atoms with van der Waals surface area (Å²) in [4.78, 5) is 9.47. The molecule has 0 bridgehead atoms. The van der Waals surface area contributed by atoms with Crippen molar-refractivity contribution in [2.24, 2.45) is 0 Å². The molecular formula is C6H10O2. The van der Waals surface area contributed by atoms with Crippen molar-refractivity contribution in [3.63, 3.8) is 0 Å². The predicted molar refractivity (Wildman–Crippen MR) is 30.3 cm³/mol. The first kappa shape index (κ1) is 5.79. The van der Waals surface area contributed by atoms with E-state index in [1.165, 1.54) is 0 Å². The van der Waals surface area contributed by atoms with Gasteiger partial charge in [-0.15, -0.1) is 0 Å². The first-order valence-corrected chi connectivity index (χ1v) is 2.74. The SMILES string of the molecule is C=C(C)C1CCOO1. The topological polar surface area (TPSA) is 18.5 Å². The number of hydrogen-bond donors (Lipinski definition) is 0. The van der Waals surface area contributed by atoms with Crippen LogP contribution in [0.3, 0.4) is 0 Å². The molecule has 1 rings (SSSR count). The fourth-order valence-corrected chi connectivity index (χ4v) is 0.662. The summed E-state index contributed by atoms with van der Waals surface area (Å²) in [5.41, 5.74) is 1.04. The second-order valence-corrected chi connectivity index (χ2v) is 2.04. The van der Waals surface area contributed by atoms with Gasteiger partial charge in [0, 0.05) is 6.42 Å². The highest BCUT2D eigenvalue weighted by atomic mass is 17.2. The van der Waals surface area contributed by atoms with Crippen molar-refractivity contribution in [2.45, 2.75) is 19.4 Å². The summed E-state index contributed by atoms with van der Waals surface area (Å²) in [6, 6.07) is 0. The monoisotopic (exact) mass is 114 g/mol. The van der Waals surface area contributed by atoms with Crippen LogP contribution in [0.2, 0.25) is 0 Å². The van der Waals surface area contributed by atoms with Gasteiger partial charge < -0.3 is 0 Å². The quantitative estimate of drug-likeness (QED) is 0.377. The highest BCUT2D eigenvalue weighted by Gasteiger charge is 2.16. The average molecular weight is 114 g/mol. The highest BCUT2D eigenvalue weighted by molar-refractivity contribution is 4.97. The zero-order valence-corrected chi connectivity index (χ0v) is 5.02. The van der Waals surface area contributed by atoms with E-state index in [0.717, 1.165) is 12.0 Å². The standard InChI is InChI=1S/C6H10O2/c1-5(2)6-3-4-7-8-6/h6H,1,3-4H2,2H3. The Hall–Kier alpha value is -0.340. The van der Waals surface area contributed by atoms with Gasteiger partial charge in [-0.25, -0.2) is 9.78 Å². The molecule has 0 spiro atoms. The first-order chi connectivity index (χ1) is 3.80. The molecule has 0 aromatic heterocycles. The van der Waals surface area contributed by atoms with Crippen LogP contribution >= 0.6 is 0 Å². The normalized spacial score (nSPS) is 28.4. The van der Waals surface area contributed by atoms with E-state index in [9.17, 15) is 0 Å². The lowest BCUT2D eigenvalue weighted by atomic mass is 10.1. The molecule has 1 atom stereocenters. The lowest BCUT2D eigenvalue weighted by Crippen LogP contribution is -2.03. The largest absolute Gasteiger partial charge is 0.236 e. The lowest BCUT2D eigenvalue weighted by Gasteiger charge is -2.02. The zero-order chi connectivity index (χ0) is 5.98. The fraction of sp³-hybridized carbons (Fsp3) is 0.667. The molecule has 0 aromatic rings. The molecular weight excluding hydrogens is 104 g/mol.